The second-order valence-corrected chi connectivity index (χ2v) is 10.4. The largest absolute Gasteiger partial charge is 0.393 e. The fourth-order valence-corrected chi connectivity index (χ4v) is 5.88. The Bertz CT molecular complexity index is 649. The molecule has 1 fully saturated rings. The van der Waals surface area contributed by atoms with Crippen LogP contribution in [0.2, 0.25) is 0 Å². The van der Waals surface area contributed by atoms with Crippen molar-refractivity contribution in [3.05, 3.63) is 47.6 Å². The molecule has 0 aliphatic heterocycles. The predicted molar refractivity (Wildman–Crippen MR) is 121 cm³/mol. The highest BCUT2D eigenvalue weighted by molar-refractivity contribution is 5.34. The molecule has 6 unspecified atom stereocenters. The van der Waals surface area contributed by atoms with Gasteiger partial charge in [-0.05, 0) is 91.1 Å². The van der Waals surface area contributed by atoms with Gasteiger partial charge in [-0.25, -0.2) is 0 Å². The first kappa shape index (κ1) is 21.6. The summed E-state index contributed by atoms with van der Waals surface area (Å²) in [5.41, 5.74) is 3.31. The number of hydrogen-bond donors (Lipinski definition) is 1. The summed E-state index contributed by atoms with van der Waals surface area (Å²) in [7, 11) is 0. The van der Waals surface area contributed by atoms with E-state index in [4.69, 9.17) is 0 Å². The molecule has 0 aromatic carbocycles. The van der Waals surface area contributed by atoms with E-state index >= 15 is 0 Å². The van der Waals surface area contributed by atoms with Gasteiger partial charge in [-0.15, -0.1) is 0 Å². The van der Waals surface area contributed by atoms with E-state index in [1.807, 2.05) is 0 Å². The van der Waals surface area contributed by atoms with E-state index in [1.54, 1.807) is 5.57 Å². The van der Waals surface area contributed by atoms with Crippen molar-refractivity contribution in [3.63, 3.8) is 0 Å². The lowest BCUT2D eigenvalue weighted by atomic mass is 9.62. The van der Waals surface area contributed by atoms with Crippen molar-refractivity contribution in [1.29, 1.82) is 0 Å². The minimum absolute atomic E-state index is 0.146. The molecule has 0 amide bonds. The quantitative estimate of drug-likeness (QED) is 0.480. The van der Waals surface area contributed by atoms with Gasteiger partial charge in [0.05, 0.1) is 6.10 Å². The highest BCUT2D eigenvalue weighted by atomic mass is 16.3. The third-order valence-electron chi connectivity index (χ3n) is 8.15. The smallest absolute Gasteiger partial charge is 0.0583 e. The van der Waals surface area contributed by atoms with Crippen LogP contribution in [0.1, 0.15) is 79.6 Å². The Morgan fingerprint density at radius 1 is 1.00 bits per heavy atom. The molecule has 0 aromatic rings. The normalized spacial score (nSPS) is 35.9. The van der Waals surface area contributed by atoms with Crippen LogP contribution in [-0.4, -0.2) is 11.2 Å². The molecule has 0 saturated heterocycles. The number of aliphatic hydroxyl groups is 1. The van der Waals surface area contributed by atoms with Crippen molar-refractivity contribution < 1.29 is 5.11 Å². The number of allylic oxidation sites excluding steroid dienone is 7. The van der Waals surface area contributed by atoms with Gasteiger partial charge in [0.25, 0.3) is 0 Å². The Morgan fingerprint density at radius 2 is 1.79 bits per heavy atom. The molecule has 0 heterocycles. The monoisotopic (exact) mass is 382 g/mol. The maximum absolute atomic E-state index is 9.93. The van der Waals surface area contributed by atoms with Crippen LogP contribution >= 0.6 is 0 Å². The molecule has 1 saturated carbocycles. The molecule has 1 N–H and O–H groups in total. The molecular weight excluding hydrogens is 340 g/mol. The van der Waals surface area contributed by atoms with Crippen molar-refractivity contribution in [2.24, 2.45) is 35.0 Å². The van der Waals surface area contributed by atoms with E-state index in [0.717, 1.165) is 31.1 Å². The van der Waals surface area contributed by atoms with Crippen LogP contribution in [-0.2, 0) is 0 Å². The van der Waals surface area contributed by atoms with Crippen LogP contribution in [0.15, 0.2) is 47.6 Å². The van der Waals surface area contributed by atoms with Gasteiger partial charge in [-0.2, -0.15) is 0 Å². The van der Waals surface area contributed by atoms with Crippen LogP contribution in [0.4, 0.5) is 0 Å². The summed E-state index contributed by atoms with van der Waals surface area (Å²) in [6.45, 7) is 12.0. The molecule has 0 spiro atoms. The van der Waals surface area contributed by atoms with E-state index in [2.05, 4.69) is 71.1 Å². The average Bonchev–Trinajstić information content (AvgIpc) is 3.01. The number of fused-ring (bicyclic) bond motifs is 1. The van der Waals surface area contributed by atoms with Gasteiger partial charge >= 0.3 is 0 Å². The first-order valence-corrected chi connectivity index (χ1v) is 11.7. The van der Waals surface area contributed by atoms with Crippen LogP contribution in [0.5, 0.6) is 0 Å². The molecule has 1 nitrogen and oxygen atoms in total. The van der Waals surface area contributed by atoms with E-state index < -0.39 is 0 Å². The molecule has 6 atom stereocenters. The molecule has 0 radical (unpaired) electrons. The van der Waals surface area contributed by atoms with Crippen molar-refractivity contribution >= 4 is 0 Å². The van der Waals surface area contributed by atoms with Gasteiger partial charge in [-0.3, -0.25) is 0 Å². The molecule has 3 aliphatic carbocycles. The average molecular weight is 383 g/mol. The maximum Gasteiger partial charge on any atom is 0.0583 e. The highest BCUT2D eigenvalue weighted by Gasteiger charge is 2.49. The van der Waals surface area contributed by atoms with Crippen LogP contribution in [0.25, 0.3) is 0 Å². The lowest BCUT2D eigenvalue weighted by Gasteiger charge is -2.42. The maximum atomic E-state index is 9.93. The molecule has 28 heavy (non-hydrogen) atoms. The Kier molecular flexibility index (Phi) is 7.07. The Hall–Kier alpha value is -1.08. The zero-order valence-electron chi connectivity index (χ0n) is 18.8. The summed E-state index contributed by atoms with van der Waals surface area (Å²) in [4.78, 5) is 0. The number of aliphatic hydroxyl groups excluding tert-OH is 1. The molecule has 1 heteroatoms. The second-order valence-electron chi connectivity index (χ2n) is 10.4. The van der Waals surface area contributed by atoms with Crippen molar-refractivity contribution in [1.82, 2.24) is 0 Å². The zero-order chi connectivity index (χ0) is 20.3. The lowest BCUT2D eigenvalue weighted by Crippen LogP contribution is -2.34. The standard InChI is InChI=1S/C27H42O/c1-19(2)20(3)11-12-21(4)25-15-16-26-23(9-7-17-27(25,26)5)14-13-22-8-6-10-24(28)18-22/h8-9,11-14,19-21,24-26,28H,6-7,10,15-18H2,1-5H3/b12-11+,14-13+. The lowest BCUT2D eigenvalue weighted by molar-refractivity contribution is 0.129. The van der Waals surface area contributed by atoms with E-state index in [0.29, 0.717) is 23.2 Å². The van der Waals surface area contributed by atoms with Gasteiger partial charge in [0, 0.05) is 0 Å². The van der Waals surface area contributed by atoms with Crippen molar-refractivity contribution in [2.45, 2.75) is 85.7 Å². The van der Waals surface area contributed by atoms with E-state index in [1.165, 1.54) is 31.3 Å². The van der Waals surface area contributed by atoms with Gasteiger partial charge in [0.2, 0.25) is 0 Å². The van der Waals surface area contributed by atoms with Crippen LogP contribution in [0, 0.1) is 35.0 Å². The molecule has 3 rings (SSSR count). The summed E-state index contributed by atoms with van der Waals surface area (Å²) in [6, 6.07) is 0. The van der Waals surface area contributed by atoms with Crippen molar-refractivity contribution in [3.8, 4) is 0 Å². The summed E-state index contributed by atoms with van der Waals surface area (Å²) in [6.07, 6.45) is 22.3. The van der Waals surface area contributed by atoms with Gasteiger partial charge < -0.3 is 5.11 Å². The second kappa shape index (κ2) is 9.16. The topological polar surface area (TPSA) is 20.2 Å². The van der Waals surface area contributed by atoms with Gasteiger partial charge in [0.15, 0.2) is 0 Å². The number of rotatable bonds is 6. The number of hydrogen-bond acceptors (Lipinski definition) is 1. The third kappa shape index (κ3) is 4.73. The molecule has 0 bridgehead atoms. The van der Waals surface area contributed by atoms with Gasteiger partial charge in [-0.1, -0.05) is 71.1 Å². The third-order valence-corrected chi connectivity index (χ3v) is 8.15. The Morgan fingerprint density at radius 3 is 2.50 bits per heavy atom. The summed E-state index contributed by atoms with van der Waals surface area (Å²) in [5.74, 6) is 3.54. The molecular formula is C27H42O. The summed E-state index contributed by atoms with van der Waals surface area (Å²) < 4.78 is 0. The van der Waals surface area contributed by atoms with Crippen molar-refractivity contribution in [2.75, 3.05) is 0 Å². The van der Waals surface area contributed by atoms with Crippen LogP contribution < -0.4 is 0 Å². The van der Waals surface area contributed by atoms with Crippen LogP contribution in [0.3, 0.4) is 0 Å². The Balaban J connectivity index is 1.70. The SMILES string of the molecule is CC(C)C(C)/C=C/C(C)C1CCC2C(/C=C/C3=CCCC(O)C3)=CCCC21C. The van der Waals surface area contributed by atoms with E-state index in [-0.39, 0.29) is 6.10 Å². The minimum Gasteiger partial charge on any atom is -0.393 e. The molecule has 3 aliphatic rings. The fourth-order valence-electron chi connectivity index (χ4n) is 5.88. The minimum atomic E-state index is -0.146. The molecule has 156 valence electrons. The fraction of sp³-hybridized carbons (Fsp3) is 0.704. The summed E-state index contributed by atoms with van der Waals surface area (Å²) >= 11 is 0. The molecule has 0 aromatic heterocycles. The Labute approximate surface area is 173 Å². The first-order chi connectivity index (χ1) is 13.3. The first-order valence-electron chi connectivity index (χ1n) is 11.7. The highest BCUT2D eigenvalue weighted by Crippen LogP contribution is 2.58. The summed E-state index contributed by atoms with van der Waals surface area (Å²) in [5, 5.41) is 9.93. The zero-order valence-corrected chi connectivity index (χ0v) is 18.8. The van der Waals surface area contributed by atoms with E-state index in [9.17, 15) is 5.11 Å². The van der Waals surface area contributed by atoms with Gasteiger partial charge in [0.1, 0.15) is 0 Å². The predicted octanol–water partition coefficient (Wildman–Crippen LogP) is 7.25.